The maximum Gasteiger partial charge on any atom is 0.338 e. The van der Waals surface area contributed by atoms with E-state index in [9.17, 15) is 9.59 Å². The third kappa shape index (κ3) is 4.79. The van der Waals surface area contributed by atoms with Gasteiger partial charge in [-0.1, -0.05) is 24.3 Å². The van der Waals surface area contributed by atoms with Crippen molar-refractivity contribution in [2.45, 2.75) is 24.9 Å². The molecule has 0 radical (unpaired) electrons. The summed E-state index contributed by atoms with van der Waals surface area (Å²) in [5.41, 5.74) is 1.88. The first-order valence-electron chi connectivity index (χ1n) is 10.9. The summed E-state index contributed by atoms with van der Waals surface area (Å²) in [6.07, 6.45) is 2.59. The van der Waals surface area contributed by atoms with Gasteiger partial charge in [0, 0.05) is 24.7 Å². The molecule has 1 aromatic carbocycles. The van der Waals surface area contributed by atoms with Crippen LogP contribution < -0.4 is 5.32 Å². The molecule has 0 amide bonds. The minimum Gasteiger partial charge on any atom is -0.469 e. The molecule has 3 aromatic rings. The van der Waals surface area contributed by atoms with Gasteiger partial charge in [-0.05, 0) is 49.0 Å². The van der Waals surface area contributed by atoms with Gasteiger partial charge in [-0.15, -0.1) is 0 Å². The summed E-state index contributed by atoms with van der Waals surface area (Å²) in [5, 5.41) is 3.91. The van der Waals surface area contributed by atoms with Crippen LogP contribution in [0.2, 0.25) is 0 Å². The van der Waals surface area contributed by atoms with E-state index in [1.807, 2.05) is 47.4 Å². The normalized spacial score (nSPS) is 17.4. The molecule has 1 fully saturated rings. The van der Waals surface area contributed by atoms with Crippen molar-refractivity contribution in [1.82, 2.24) is 15.2 Å². The zero-order valence-electron chi connectivity index (χ0n) is 18.9. The van der Waals surface area contributed by atoms with E-state index < -0.39 is 5.97 Å². The number of furan rings is 1. The van der Waals surface area contributed by atoms with Gasteiger partial charge in [0.1, 0.15) is 17.6 Å². The highest BCUT2D eigenvalue weighted by molar-refractivity contribution is 7.80. The molecule has 1 aliphatic rings. The molecule has 1 aliphatic heterocycles. The smallest absolute Gasteiger partial charge is 0.338 e. The summed E-state index contributed by atoms with van der Waals surface area (Å²) < 4.78 is 16.0. The number of pyridine rings is 1. The van der Waals surface area contributed by atoms with Crippen molar-refractivity contribution in [3.63, 3.8) is 0 Å². The number of rotatable bonds is 8. The van der Waals surface area contributed by atoms with Gasteiger partial charge in [0.05, 0.1) is 31.5 Å². The lowest BCUT2D eigenvalue weighted by molar-refractivity contribution is -0.140. The van der Waals surface area contributed by atoms with Gasteiger partial charge in [0.15, 0.2) is 5.11 Å². The number of aromatic nitrogens is 1. The van der Waals surface area contributed by atoms with Crippen LogP contribution in [0.5, 0.6) is 0 Å². The maximum atomic E-state index is 12.3. The summed E-state index contributed by atoms with van der Waals surface area (Å²) in [5.74, 6) is 0.502. The monoisotopic (exact) mass is 479 g/mol. The lowest BCUT2D eigenvalue weighted by atomic mass is 10.0. The van der Waals surface area contributed by atoms with Crippen LogP contribution in [-0.2, 0) is 14.3 Å². The van der Waals surface area contributed by atoms with E-state index >= 15 is 0 Å². The van der Waals surface area contributed by atoms with E-state index in [0.29, 0.717) is 40.7 Å². The zero-order valence-corrected chi connectivity index (χ0v) is 19.7. The number of benzene rings is 1. The van der Waals surface area contributed by atoms with Gasteiger partial charge in [0.2, 0.25) is 0 Å². The topological polar surface area (TPSA) is 93.9 Å². The Morgan fingerprint density at radius 2 is 1.88 bits per heavy atom. The Hall–Kier alpha value is -3.72. The predicted molar refractivity (Wildman–Crippen MR) is 129 cm³/mol. The van der Waals surface area contributed by atoms with Crippen molar-refractivity contribution in [2.75, 3.05) is 20.8 Å². The first kappa shape index (κ1) is 23.4. The second kappa shape index (κ2) is 10.5. The molecule has 2 unspecified atom stereocenters. The molecule has 2 atom stereocenters. The van der Waals surface area contributed by atoms with Crippen LogP contribution in [0.4, 0.5) is 0 Å². The zero-order chi connectivity index (χ0) is 24.1. The number of ether oxygens (including phenoxy) is 2. The number of thiocarbonyl (C=S) groups is 1. The molecule has 4 rings (SSSR count). The van der Waals surface area contributed by atoms with Crippen LogP contribution >= 0.6 is 12.2 Å². The van der Waals surface area contributed by atoms with Crippen molar-refractivity contribution in [3.8, 4) is 11.3 Å². The van der Waals surface area contributed by atoms with E-state index in [2.05, 4.69) is 10.3 Å². The van der Waals surface area contributed by atoms with Gasteiger partial charge < -0.3 is 24.1 Å². The van der Waals surface area contributed by atoms with E-state index in [1.54, 1.807) is 18.3 Å². The van der Waals surface area contributed by atoms with Crippen molar-refractivity contribution < 1.29 is 23.5 Å². The standard InChI is InChI=1S/C25H25N3O5S/c1-31-21(29)11-7-15-28-23(22(27-25(28)34)18-10-5-6-14-26-18)20-13-12-19(33-20)16-8-3-4-9-17(16)24(30)32-2/h3-6,8-10,12-14,22-23H,7,11,15H2,1-2H3,(H,27,34). The van der Waals surface area contributed by atoms with E-state index in [-0.39, 0.29) is 24.5 Å². The van der Waals surface area contributed by atoms with Gasteiger partial charge >= 0.3 is 11.9 Å². The summed E-state index contributed by atoms with van der Waals surface area (Å²) >= 11 is 5.64. The van der Waals surface area contributed by atoms with Gasteiger partial charge in [-0.25, -0.2) is 4.79 Å². The fraction of sp³-hybridized carbons (Fsp3) is 0.280. The van der Waals surface area contributed by atoms with Crippen molar-refractivity contribution in [2.24, 2.45) is 0 Å². The number of hydrogen-bond acceptors (Lipinski definition) is 7. The molecule has 176 valence electrons. The number of carbonyl (C=O) groups excluding carboxylic acids is 2. The molecule has 0 aliphatic carbocycles. The molecule has 0 saturated carbocycles. The number of nitrogens with one attached hydrogen (secondary N) is 1. The first-order chi connectivity index (χ1) is 16.5. The lowest BCUT2D eigenvalue weighted by Crippen LogP contribution is -2.30. The fourth-order valence-corrected chi connectivity index (χ4v) is 4.43. The molecule has 8 nitrogen and oxygen atoms in total. The van der Waals surface area contributed by atoms with Gasteiger partial charge in [-0.3, -0.25) is 9.78 Å². The third-order valence-electron chi connectivity index (χ3n) is 5.72. The quantitative estimate of drug-likeness (QED) is 0.379. The van der Waals surface area contributed by atoms with E-state index in [4.69, 9.17) is 26.1 Å². The molecule has 2 aromatic heterocycles. The number of hydrogen-bond donors (Lipinski definition) is 1. The highest BCUT2D eigenvalue weighted by Crippen LogP contribution is 2.41. The molecule has 1 N–H and O–H groups in total. The van der Waals surface area contributed by atoms with Crippen molar-refractivity contribution in [3.05, 3.63) is 77.8 Å². The number of carbonyl (C=O) groups is 2. The average Bonchev–Trinajstić information content (AvgIpc) is 3.48. The van der Waals surface area contributed by atoms with Gasteiger partial charge in [-0.2, -0.15) is 0 Å². The minimum absolute atomic E-state index is 0.248. The molecule has 1 saturated heterocycles. The average molecular weight is 480 g/mol. The Labute approximate surface area is 202 Å². The molecular formula is C25H25N3O5S. The molecular weight excluding hydrogens is 454 g/mol. The summed E-state index contributed by atoms with van der Waals surface area (Å²) in [6, 6.07) is 16.0. The molecule has 0 bridgehead atoms. The minimum atomic E-state index is -0.437. The Kier molecular flexibility index (Phi) is 7.22. The Balaban J connectivity index is 1.68. The predicted octanol–water partition coefficient (Wildman–Crippen LogP) is 4.05. The van der Waals surface area contributed by atoms with E-state index in [1.165, 1.54) is 14.2 Å². The summed E-state index contributed by atoms with van der Waals surface area (Å²) in [7, 11) is 2.72. The van der Waals surface area contributed by atoms with E-state index in [0.717, 1.165) is 5.69 Å². The summed E-state index contributed by atoms with van der Waals surface area (Å²) in [4.78, 5) is 30.4. The molecule has 0 spiro atoms. The second-order valence-electron chi connectivity index (χ2n) is 7.74. The highest BCUT2D eigenvalue weighted by atomic mass is 32.1. The number of methoxy groups -OCH3 is 2. The fourth-order valence-electron chi connectivity index (χ4n) is 4.09. The SMILES string of the molecule is COC(=O)CCCN1C(=S)NC(c2ccccn2)C1c1ccc(-c2ccccc2C(=O)OC)o1. The Morgan fingerprint density at radius 3 is 2.62 bits per heavy atom. The van der Waals surface area contributed by atoms with Gasteiger partial charge in [0.25, 0.3) is 0 Å². The molecule has 34 heavy (non-hydrogen) atoms. The van der Waals surface area contributed by atoms with Crippen LogP contribution in [0, 0.1) is 0 Å². The number of nitrogens with zero attached hydrogens (tertiary/aromatic N) is 2. The van der Waals surface area contributed by atoms with Crippen LogP contribution in [0.1, 0.15) is 46.7 Å². The van der Waals surface area contributed by atoms with Crippen molar-refractivity contribution in [1.29, 1.82) is 0 Å². The number of esters is 2. The van der Waals surface area contributed by atoms with Crippen molar-refractivity contribution >= 4 is 29.3 Å². The van der Waals surface area contributed by atoms with Crippen LogP contribution in [0.3, 0.4) is 0 Å². The maximum absolute atomic E-state index is 12.3. The molecule has 3 heterocycles. The summed E-state index contributed by atoms with van der Waals surface area (Å²) in [6.45, 7) is 0.531. The van der Waals surface area contributed by atoms with Crippen LogP contribution in [-0.4, -0.2) is 47.7 Å². The largest absolute Gasteiger partial charge is 0.469 e. The Morgan fingerprint density at radius 1 is 1.09 bits per heavy atom. The second-order valence-corrected chi connectivity index (χ2v) is 8.13. The highest BCUT2D eigenvalue weighted by Gasteiger charge is 2.41. The molecule has 9 heteroatoms. The third-order valence-corrected chi connectivity index (χ3v) is 6.07. The Bertz CT molecular complexity index is 1180. The van der Waals surface area contributed by atoms with Crippen LogP contribution in [0.15, 0.2) is 65.2 Å². The lowest BCUT2D eigenvalue weighted by Gasteiger charge is -2.26. The first-order valence-corrected chi connectivity index (χ1v) is 11.3. The van der Waals surface area contributed by atoms with Crippen LogP contribution in [0.25, 0.3) is 11.3 Å².